The largest absolute Gasteiger partial charge is 0.481 e. The van der Waals surface area contributed by atoms with E-state index in [2.05, 4.69) is 10.6 Å². The first kappa shape index (κ1) is 16.9. The molecule has 1 aliphatic rings. The number of carboxylic acid groups (broad SMARTS) is 1. The summed E-state index contributed by atoms with van der Waals surface area (Å²) >= 11 is 0. The summed E-state index contributed by atoms with van der Waals surface area (Å²) in [6.07, 6.45) is 4.11. The van der Waals surface area contributed by atoms with Crippen LogP contribution in [0.25, 0.3) is 0 Å². The molecule has 1 amide bonds. The molecule has 0 aromatic rings. The van der Waals surface area contributed by atoms with Crippen molar-refractivity contribution in [3.63, 3.8) is 0 Å². The minimum Gasteiger partial charge on any atom is -0.481 e. The molecule has 0 aliphatic carbocycles. The average Bonchev–Trinajstić information content (AvgIpc) is 2.43. The number of rotatable bonds is 9. The Hall–Kier alpha value is -1.14. The Morgan fingerprint density at radius 3 is 2.55 bits per heavy atom. The predicted octanol–water partition coefficient (Wildman–Crippen LogP) is 0.764. The van der Waals surface area contributed by atoms with Gasteiger partial charge in [0.05, 0.1) is 12.0 Å². The summed E-state index contributed by atoms with van der Waals surface area (Å²) in [7, 11) is 1.63. The minimum absolute atomic E-state index is 0.0686. The first-order chi connectivity index (χ1) is 9.60. The number of carboxylic acids is 1. The van der Waals surface area contributed by atoms with Gasteiger partial charge in [-0.15, -0.1) is 0 Å². The highest BCUT2D eigenvalue weighted by Crippen LogP contribution is 2.29. The summed E-state index contributed by atoms with van der Waals surface area (Å²) < 4.78 is 5.22. The number of piperidine rings is 1. The van der Waals surface area contributed by atoms with E-state index < -0.39 is 11.4 Å². The van der Waals surface area contributed by atoms with Gasteiger partial charge in [-0.05, 0) is 38.8 Å². The van der Waals surface area contributed by atoms with E-state index in [9.17, 15) is 9.59 Å². The highest BCUT2D eigenvalue weighted by atomic mass is 16.5. The van der Waals surface area contributed by atoms with Crippen LogP contribution in [0.4, 0.5) is 0 Å². The highest BCUT2D eigenvalue weighted by molar-refractivity contribution is 5.83. The molecule has 0 atom stereocenters. The van der Waals surface area contributed by atoms with Crippen molar-refractivity contribution in [1.29, 1.82) is 0 Å². The molecule has 6 heteroatoms. The number of nitrogens with one attached hydrogen (secondary N) is 2. The van der Waals surface area contributed by atoms with Crippen LogP contribution in [0.2, 0.25) is 0 Å². The zero-order chi connectivity index (χ0) is 14.8. The van der Waals surface area contributed by atoms with Crippen molar-refractivity contribution in [3.8, 4) is 0 Å². The zero-order valence-electron chi connectivity index (χ0n) is 12.2. The predicted molar refractivity (Wildman–Crippen MR) is 75.5 cm³/mol. The molecule has 0 bridgehead atoms. The van der Waals surface area contributed by atoms with Crippen LogP contribution in [0, 0.1) is 5.41 Å². The van der Waals surface area contributed by atoms with Crippen LogP contribution < -0.4 is 10.6 Å². The number of ether oxygens (including phenoxy) is 1. The second-order valence-corrected chi connectivity index (χ2v) is 5.42. The molecule has 116 valence electrons. The lowest BCUT2D eigenvalue weighted by Crippen LogP contribution is -2.50. The molecule has 0 aromatic heterocycles. The zero-order valence-corrected chi connectivity index (χ0v) is 12.2. The van der Waals surface area contributed by atoms with Crippen molar-refractivity contribution in [2.75, 3.05) is 33.4 Å². The van der Waals surface area contributed by atoms with Gasteiger partial charge in [-0.3, -0.25) is 9.59 Å². The molecule has 0 spiro atoms. The van der Waals surface area contributed by atoms with E-state index in [1.807, 2.05) is 0 Å². The molecule has 1 saturated heterocycles. The second-order valence-electron chi connectivity index (χ2n) is 5.42. The van der Waals surface area contributed by atoms with E-state index in [1.54, 1.807) is 7.11 Å². The van der Waals surface area contributed by atoms with Crippen LogP contribution in [0.5, 0.6) is 0 Å². The first-order valence-corrected chi connectivity index (χ1v) is 7.30. The summed E-state index contributed by atoms with van der Waals surface area (Å²) in [6.45, 7) is 2.75. The Morgan fingerprint density at radius 2 is 1.95 bits per heavy atom. The molecule has 6 nitrogen and oxygen atoms in total. The summed E-state index contributed by atoms with van der Waals surface area (Å²) in [5.74, 6) is -0.693. The summed E-state index contributed by atoms with van der Waals surface area (Å²) in [5.41, 5.74) is -0.402. The monoisotopic (exact) mass is 286 g/mol. The molecule has 0 unspecified atom stereocenters. The fraction of sp³-hybridized carbons (Fsp3) is 0.857. The summed E-state index contributed by atoms with van der Waals surface area (Å²) in [4.78, 5) is 22.7. The van der Waals surface area contributed by atoms with Crippen LogP contribution in [0.1, 0.15) is 38.5 Å². The topological polar surface area (TPSA) is 87.7 Å². The summed E-state index contributed by atoms with van der Waals surface area (Å²) in [5, 5.41) is 14.8. The third kappa shape index (κ3) is 5.46. The van der Waals surface area contributed by atoms with Gasteiger partial charge in [0.25, 0.3) is 0 Å². The van der Waals surface area contributed by atoms with Crippen LogP contribution in [0.15, 0.2) is 0 Å². The van der Waals surface area contributed by atoms with Gasteiger partial charge < -0.3 is 20.5 Å². The maximum absolute atomic E-state index is 12.3. The molecule has 1 heterocycles. The number of hydrogen-bond donors (Lipinski definition) is 3. The average molecular weight is 286 g/mol. The molecule has 1 rings (SSSR count). The smallest absolute Gasteiger partial charge is 0.303 e. The molecular formula is C14H26N2O4. The minimum atomic E-state index is -0.761. The number of carbonyl (C=O) groups excluding carboxylic acids is 1. The van der Waals surface area contributed by atoms with E-state index in [0.29, 0.717) is 19.6 Å². The van der Waals surface area contributed by atoms with Crippen molar-refractivity contribution < 1.29 is 19.4 Å². The molecular weight excluding hydrogens is 260 g/mol. The van der Waals surface area contributed by atoms with Gasteiger partial charge in [0.2, 0.25) is 5.91 Å². The molecule has 1 fully saturated rings. The maximum atomic E-state index is 12.3. The number of methoxy groups -OCH3 is 1. The van der Waals surface area contributed by atoms with Gasteiger partial charge in [0.1, 0.15) is 0 Å². The van der Waals surface area contributed by atoms with Crippen LogP contribution in [-0.4, -0.2) is 50.3 Å². The Bertz CT molecular complexity index is 309. The standard InChI is InChI=1S/C14H26N2O4/c1-20-11-14(6-9-15-10-7-14)13(19)16-8-4-2-3-5-12(17)18/h15H,2-11H2,1H3,(H,16,19)(H,17,18). The number of unbranched alkanes of at least 4 members (excludes halogenated alkanes) is 2. The SMILES string of the molecule is COCC1(C(=O)NCCCCCC(=O)O)CCNCC1. The van der Waals surface area contributed by atoms with Gasteiger partial charge in [-0.1, -0.05) is 6.42 Å². The molecule has 3 N–H and O–H groups in total. The molecule has 0 radical (unpaired) electrons. The lowest BCUT2D eigenvalue weighted by Gasteiger charge is -2.35. The van der Waals surface area contributed by atoms with Crippen molar-refractivity contribution >= 4 is 11.9 Å². The Labute approximate surface area is 120 Å². The summed E-state index contributed by atoms with van der Waals surface area (Å²) in [6, 6.07) is 0. The fourth-order valence-electron chi connectivity index (χ4n) is 2.59. The number of carbonyl (C=O) groups is 2. The van der Waals surface area contributed by atoms with Crippen LogP contribution >= 0.6 is 0 Å². The van der Waals surface area contributed by atoms with E-state index >= 15 is 0 Å². The van der Waals surface area contributed by atoms with Crippen LogP contribution in [-0.2, 0) is 14.3 Å². The first-order valence-electron chi connectivity index (χ1n) is 7.30. The Balaban J connectivity index is 2.26. The van der Waals surface area contributed by atoms with Gasteiger partial charge in [-0.2, -0.15) is 0 Å². The van der Waals surface area contributed by atoms with E-state index in [-0.39, 0.29) is 12.3 Å². The van der Waals surface area contributed by atoms with Gasteiger partial charge in [0, 0.05) is 20.1 Å². The van der Waals surface area contributed by atoms with Crippen molar-refractivity contribution in [2.24, 2.45) is 5.41 Å². The lowest BCUT2D eigenvalue weighted by atomic mass is 9.78. The third-order valence-electron chi connectivity index (χ3n) is 3.82. The Kier molecular flexibility index (Phi) is 7.54. The van der Waals surface area contributed by atoms with Gasteiger partial charge >= 0.3 is 5.97 Å². The number of amides is 1. The van der Waals surface area contributed by atoms with E-state index in [0.717, 1.165) is 38.8 Å². The second kappa shape index (κ2) is 8.92. The number of aliphatic carboxylic acids is 1. The fourth-order valence-corrected chi connectivity index (χ4v) is 2.59. The van der Waals surface area contributed by atoms with E-state index in [1.165, 1.54) is 0 Å². The molecule has 1 aliphatic heterocycles. The molecule has 20 heavy (non-hydrogen) atoms. The molecule has 0 aromatic carbocycles. The van der Waals surface area contributed by atoms with Crippen molar-refractivity contribution in [3.05, 3.63) is 0 Å². The normalized spacial score (nSPS) is 17.6. The molecule has 0 saturated carbocycles. The maximum Gasteiger partial charge on any atom is 0.303 e. The Morgan fingerprint density at radius 1 is 1.25 bits per heavy atom. The van der Waals surface area contributed by atoms with E-state index in [4.69, 9.17) is 9.84 Å². The van der Waals surface area contributed by atoms with Crippen molar-refractivity contribution in [2.45, 2.75) is 38.5 Å². The van der Waals surface area contributed by atoms with Gasteiger partial charge in [0.15, 0.2) is 0 Å². The number of hydrogen-bond acceptors (Lipinski definition) is 4. The van der Waals surface area contributed by atoms with Gasteiger partial charge in [-0.25, -0.2) is 0 Å². The quantitative estimate of drug-likeness (QED) is 0.545. The lowest BCUT2D eigenvalue weighted by molar-refractivity contribution is -0.137. The van der Waals surface area contributed by atoms with Crippen LogP contribution in [0.3, 0.4) is 0 Å². The third-order valence-corrected chi connectivity index (χ3v) is 3.82. The highest BCUT2D eigenvalue weighted by Gasteiger charge is 2.39. The van der Waals surface area contributed by atoms with Crippen molar-refractivity contribution in [1.82, 2.24) is 10.6 Å².